The van der Waals surface area contributed by atoms with Crippen LogP contribution >= 0.6 is 11.6 Å². The zero-order chi connectivity index (χ0) is 19.5. The van der Waals surface area contributed by atoms with Gasteiger partial charge in [-0.3, -0.25) is 13.9 Å². The molecule has 3 aromatic rings. The van der Waals surface area contributed by atoms with E-state index in [9.17, 15) is 9.59 Å². The van der Waals surface area contributed by atoms with Crippen LogP contribution in [-0.4, -0.2) is 20.0 Å². The summed E-state index contributed by atoms with van der Waals surface area (Å²) in [6, 6.07) is 11.2. The molecule has 0 atom stereocenters. The molecule has 1 aliphatic carbocycles. The number of carbonyl (C=O) groups excluding carboxylic acids is 1. The Morgan fingerprint density at radius 3 is 2.79 bits per heavy atom. The molecular formula is C21H23ClN4O2. The van der Waals surface area contributed by atoms with E-state index in [1.54, 1.807) is 22.9 Å². The van der Waals surface area contributed by atoms with Crippen LogP contribution in [0.2, 0.25) is 5.02 Å². The van der Waals surface area contributed by atoms with Crippen molar-refractivity contribution in [3.63, 3.8) is 0 Å². The molecule has 0 unspecified atom stereocenters. The predicted molar refractivity (Wildman–Crippen MR) is 109 cm³/mol. The monoisotopic (exact) mass is 398 g/mol. The van der Waals surface area contributed by atoms with Crippen LogP contribution in [0.5, 0.6) is 0 Å². The highest BCUT2D eigenvalue weighted by atomic mass is 35.5. The fourth-order valence-electron chi connectivity index (χ4n) is 3.98. The van der Waals surface area contributed by atoms with Crippen LogP contribution in [0.15, 0.2) is 47.4 Å². The van der Waals surface area contributed by atoms with Gasteiger partial charge in [-0.25, -0.2) is 9.78 Å². The van der Waals surface area contributed by atoms with Gasteiger partial charge in [0.15, 0.2) is 5.65 Å². The topological polar surface area (TPSA) is 68.9 Å². The highest BCUT2D eigenvalue weighted by Crippen LogP contribution is 2.29. The first-order chi connectivity index (χ1) is 13.6. The zero-order valence-corrected chi connectivity index (χ0v) is 16.4. The van der Waals surface area contributed by atoms with Crippen molar-refractivity contribution < 1.29 is 4.79 Å². The molecule has 0 spiro atoms. The number of fused-ring (bicyclic) bond motifs is 1. The second-order valence-corrected chi connectivity index (χ2v) is 7.72. The molecule has 6 nitrogen and oxygen atoms in total. The summed E-state index contributed by atoms with van der Waals surface area (Å²) in [7, 11) is 0. The predicted octanol–water partition coefficient (Wildman–Crippen LogP) is 3.67. The van der Waals surface area contributed by atoms with Crippen molar-refractivity contribution in [3.05, 3.63) is 63.7 Å². The lowest BCUT2D eigenvalue weighted by Crippen LogP contribution is -2.34. The molecule has 0 bridgehead atoms. The molecule has 1 aliphatic rings. The summed E-state index contributed by atoms with van der Waals surface area (Å²) >= 11 is 5.98. The van der Waals surface area contributed by atoms with Crippen molar-refractivity contribution in [2.45, 2.75) is 51.2 Å². The number of benzene rings is 1. The zero-order valence-electron chi connectivity index (χ0n) is 15.6. The third kappa shape index (κ3) is 3.83. The molecule has 146 valence electrons. The fraction of sp³-hybridized carbons (Fsp3) is 0.381. The molecule has 0 saturated heterocycles. The molecular weight excluding hydrogens is 376 g/mol. The Morgan fingerprint density at radius 2 is 2.00 bits per heavy atom. The Kier molecular flexibility index (Phi) is 5.48. The standard InChI is InChI=1S/C21H23ClN4O2/c22-16-7-4-6-15(12-16)13-24-19(27)14-25-18-10-5-11-23-20(18)26(21(25)28)17-8-2-1-3-9-17/h4-7,10-12,17H,1-3,8-9,13-14H2,(H,24,27). The van der Waals surface area contributed by atoms with E-state index in [1.165, 1.54) is 11.0 Å². The van der Waals surface area contributed by atoms with Gasteiger partial charge < -0.3 is 5.32 Å². The number of carbonyl (C=O) groups is 1. The van der Waals surface area contributed by atoms with Crippen LogP contribution in [-0.2, 0) is 17.9 Å². The number of halogens is 1. The van der Waals surface area contributed by atoms with Gasteiger partial charge in [-0.1, -0.05) is 43.0 Å². The first-order valence-electron chi connectivity index (χ1n) is 9.70. The molecule has 1 amide bonds. The van der Waals surface area contributed by atoms with E-state index in [0.29, 0.717) is 22.7 Å². The number of amides is 1. The number of hydrogen-bond donors (Lipinski definition) is 1. The van der Waals surface area contributed by atoms with Gasteiger partial charge in [0.1, 0.15) is 6.54 Å². The maximum Gasteiger partial charge on any atom is 0.331 e. The second kappa shape index (κ2) is 8.19. The first-order valence-corrected chi connectivity index (χ1v) is 10.1. The highest BCUT2D eigenvalue weighted by molar-refractivity contribution is 6.30. The molecule has 1 saturated carbocycles. The average Bonchev–Trinajstić information content (AvgIpc) is 2.99. The summed E-state index contributed by atoms with van der Waals surface area (Å²) in [6.45, 7) is 0.342. The molecule has 4 rings (SSSR count). The number of aromatic nitrogens is 3. The minimum absolute atomic E-state index is 0.0265. The Balaban J connectivity index is 1.57. The van der Waals surface area contributed by atoms with Gasteiger partial charge >= 0.3 is 5.69 Å². The van der Waals surface area contributed by atoms with Crippen LogP contribution < -0.4 is 11.0 Å². The van der Waals surface area contributed by atoms with Crippen LogP contribution in [0, 0.1) is 0 Å². The van der Waals surface area contributed by atoms with Crippen LogP contribution in [0.4, 0.5) is 0 Å². The van der Waals surface area contributed by atoms with Gasteiger partial charge in [0.2, 0.25) is 5.91 Å². The van der Waals surface area contributed by atoms with Crippen LogP contribution in [0.1, 0.15) is 43.7 Å². The number of imidazole rings is 1. The maximum atomic E-state index is 13.1. The van der Waals surface area contributed by atoms with Gasteiger partial charge in [0.05, 0.1) is 5.52 Å². The van der Waals surface area contributed by atoms with Gasteiger partial charge in [-0.15, -0.1) is 0 Å². The van der Waals surface area contributed by atoms with E-state index in [4.69, 9.17) is 11.6 Å². The average molecular weight is 399 g/mol. The molecule has 2 heterocycles. The summed E-state index contributed by atoms with van der Waals surface area (Å²) in [5.41, 5.74) is 2.14. The Morgan fingerprint density at radius 1 is 1.18 bits per heavy atom. The summed E-state index contributed by atoms with van der Waals surface area (Å²) in [5.74, 6) is -0.214. The van der Waals surface area contributed by atoms with E-state index in [1.807, 2.05) is 24.3 Å². The first kappa shape index (κ1) is 18.7. The lowest BCUT2D eigenvalue weighted by Gasteiger charge is -2.22. The lowest BCUT2D eigenvalue weighted by atomic mass is 9.95. The Labute approximate surface area is 168 Å². The number of pyridine rings is 1. The van der Waals surface area contributed by atoms with Gasteiger partial charge in [-0.05, 0) is 42.7 Å². The minimum atomic E-state index is -0.214. The molecule has 0 radical (unpaired) electrons. The lowest BCUT2D eigenvalue weighted by molar-refractivity contribution is -0.121. The third-order valence-corrected chi connectivity index (χ3v) is 5.58. The maximum absolute atomic E-state index is 13.1. The molecule has 2 aromatic heterocycles. The molecule has 1 N–H and O–H groups in total. The summed E-state index contributed by atoms with van der Waals surface area (Å²) < 4.78 is 3.32. The van der Waals surface area contributed by atoms with E-state index in [0.717, 1.165) is 31.2 Å². The quantitative estimate of drug-likeness (QED) is 0.712. The number of nitrogens with one attached hydrogen (secondary N) is 1. The van der Waals surface area contributed by atoms with Crippen molar-refractivity contribution in [3.8, 4) is 0 Å². The Hall–Kier alpha value is -2.60. The van der Waals surface area contributed by atoms with Crippen LogP contribution in [0.3, 0.4) is 0 Å². The molecule has 7 heteroatoms. The third-order valence-electron chi connectivity index (χ3n) is 5.34. The number of rotatable bonds is 5. The van der Waals surface area contributed by atoms with Crippen molar-refractivity contribution in [1.82, 2.24) is 19.4 Å². The molecule has 1 aromatic carbocycles. The highest BCUT2D eigenvalue weighted by Gasteiger charge is 2.23. The van der Waals surface area contributed by atoms with Gasteiger partial charge in [-0.2, -0.15) is 0 Å². The molecule has 28 heavy (non-hydrogen) atoms. The minimum Gasteiger partial charge on any atom is -0.350 e. The Bertz CT molecular complexity index is 1050. The fourth-order valence-corrected chi connectivity index (χ4v) is 4.19. The SMILES string of the molecule is O=C(Cn1c(=O)n(C2CCCCC2)c2ncccc21)NCc1cccc(Cl)c1. The second-order valence-electron chi connectivity index (χ2n) is 7.28. The van der Waals surface area contributed by atoms with Gasteiger partial charge in [0.25, 0.3) is 0 Å². The van der Waals surface area contributed by atoms with E-state index in [2.05, 4.69) is 10.3 Å². The summed E-state index contributed by atoms with van der Waals surface area (Å²) in [5, 5.41) is 3.50. The smallest absolute Gasteiger partial charge is 0.331 e. The number of nitrogens with zero attached hydrogens (tertiary/aromatic N) is 3. The molecule has 0 aliphatic heterocycles. The van der Waals surface area contributed by atoms with Crippen LogP contribution in [0.25, 0.3) is 11.2 Å². The number of hydrogen-bond acceptors (Lipinski definition) is 3. The molecule has 1 fully saturated rings. The van der Waals surface area contributed by atoms with Crippen molar-refractivity contribution in [2.75, 3.05) is 0 Å². The van der Waals surface area contributed by atoms with Crippen molar-refractivity contribution in [2.24, 2.45) is 0 Å². The summed E-state index contributed by atoms with van der Waals surface area (Å²) in [6.07, 6.45) is 7.12. The van der Waals surface area contributed by atoms with Gasteiger partial charge in [0, 0.05) is 23.8 Å². The van der Waals surface area contributed by atoms with Crippen molar-refractivity contribution >= 4 is 28.7 Å². The van der Waals surface area contributed by atoms with E-state index < -0.39 is 0 Å². The normalized spacial score (nSPS) is 15.0. The largest absolute Gasteiger partial charge is 0.350 e. The van der Waals surface area contributed by atoms with Crippen molar-refractivity contribution in [1.29, 1.82) is 0 Å². The van der Waals surface area contributed by atoms with E-state index >= 15 is 0 Å². The van der Waals surface area contributed by atoms with E-state index in [-0.39, 0.29) is 24.2 Å². The summed E-state index contributed by atoms with van der Waals surface area (Å²) in [4.78, 5) is 30.1.